The summed E-state index contributed by atoms with van der Waals surface area (Å²) >= 11 is 6.78. The molecule has 0 aliphatic carbocycles. The highest BCUT2D eigenvalue weighted by Gasteiger charge is 2.15. The van der Waals surface area contributed by atoms with E-state index in [1.54, 1.807) is 24.3 Å². The zero-order valence-electron chi connectivity index (χ0n) is 8.93. The maximum absolute atomic E-state index is 13.8. The molecule has 92 valence electrons. The Hall–Kier alpha value is -1.59. The van der Waals surface area contributed by atoms with Gasteiger partial charge in [-0.1, -0.05) is 23.4 Å². The normalized spacial score (nSPS) is 10.3. The smallest absolute Gasteiger partial charge is 0.338 e. The summed E-state index contributed by atoms with van der Waals surface area (Å²) < 4.78 is 13.8. The Morgan fingerprint density at radius 3 is 2.56 bits per heavy atom. The van der Waals surface area contributed by atoms with Gasteiger partial charge in [0.25, 0.3) is 0 Å². The van der Waals surface area contributed by atoms with Crippen LogP contribution in [-0.4, -0.2) is 16.1 Å². The van der Waals surface area contributed by atoms with Crippen molar-refractivity contribution in [3.05, 3.63) is 52.9 Å². The molecular formula is C12H7ClFNO2S. The van der Waals surface area contributed by atoms with E-state index in [1.165, 1.54) is 6.20 Å². The Morgan fingerprint density at radius 1 is 1.28 bits per heavy atom. The summed E-state index contributed by atoms with van der Waals surface area (Å²) in [7, 11) is 0. The lowest BCUT2D eigenvalue weighted by atomic mass is 10.3. The van der Waals surface area contributed by atoms with E-state index in [0.717, 1.165) is 22.7 Å². The molecule has 18 heavy (non-hydrogen) atoms. The predicted octanol–water partition coefficient (Wildman–Crippen LogP) is 3.72. The third-order valence-corrected chi connectivity index (χ3v) is 3.35. The van der Waals surface area contributed by atoms with Crippen LogP contribution in [0, 0.1) is 5.82 Å². The van der Waals surface area contributed by atoms with E-state index in [2.05, 4.69) is 4.98 Å². The van der Waals surface area contributed by atoms with E-state index in [-0.39, 0.29) is 10.6 Å². The number of rotatable bonds is 3. The number of pyridine rings is 1. The molecule has 0 amide bonds. The van der Waals surface area contributed by atoms with Crippen molar-refractivity contribution in [1.82, 2.24) is 4.98 Å². The zero-order valence-corrected chi connectivity index (χ0v) is 10.5. The SMILES string of the molecule is O=C(O)c1ccnc(Sc2ccc(Cl)cc2)c1F. The Balaban J connectivity index is 2.32. The summed E-state index contributed by atoms with van der Waals surface area (Å²) in [6.07, 6.45) is 1.27. The highest BCUT2D eigenvalue weighted by molar-refractivity contribution is 7.99. The second-order valence-corrected chi connectivity index (χ2v) is 4.84. The van der Waals surface area contributed by atoms with Crippen LogP contribution in [0.1, 0.15) is 10.4 Å². The number of halogens is 2. The molecule has 1 N–H and O–H groups in total. The maximum Gasteiger partial charge on any atom is 0.338 e. The molecule has 0 bridgehead atoms. The summed E-state index contributed by atoms with van der Waals surface area (Å²) in [5, 5.41) is 9.40. The Bertz CT molecular complexity index is 589. The van der Waals surface area contributed by atoms with E-state index in [1.807, 2.05) is 0 Å². The average molecular weight is 284 g/mol. The molecule has 1 aromatic heterocycles. The third-order valence-electron chi connectivity index (χ3n) is 2.12. The maximum atomic E-state index is 13.8. The molecule has 0 saturated heterocycles. The average Bonchev–Trinajstić information content (AvgIpc) is 2.34. The molecule has 2 rings (SSSR count). The Morgan fingerprint density at radius 2 is 1.94 bits per heavy atom. The second-order valence-electron chi connectivity index (χ2n) is 3.34. The monoisotopic (exact) mass is 283 g/mol. The van der Waals surface area contributed by atoms with Gasteiger partial charge in [0.2, 0.25) is 0 Å². The van der Waals surface area contributed by atoms with Gasteiger partial charge in [-0.3, -0.25) is 0 Å². The number of hydrogen-bond donors (Lipinski definition) is 1. The van der Waals surface area contributed by atoms with Gasteiger partial charge in [-0.25, -0.2) is 14.2 Å². The standard InChI is InChI=1S/C12H7ClFNO2S/c13-7-1-3-8(4-2-7)18-11-10(14)9(12(16)17)5-6-15-11/h1-6H,(H,16,17). The van der Waals surface area contributed by atoms with Crippen molar-refractivity contribution in [3.8, 4) is 0 Å². The first-order valence-electron chi connectivity index (χ1n) is 4.89. The number of carboxylic acids is 1. The lowest BCUT2D eigenvalue weighted by molar-refractivity contribution is 0.0691. The molecule has 0 spiro atoms. The minimum absolute atomic E-state index is 0.0252. The van der Waals surface area contributed by atoms with Gasteiger partial charge in [-0.15, -0.1) is 0 Å². The van der Waals surface area contributed by atoms with Crippen LogP contribution in [0.25, 0.3) is 0 Å². The fraction of sp³-hybridized carbons (Fsp3) is 0. The summed E-state index contributed by atoms with van der Waals surface area (Å²) in [5.74, 6) is -2.14. The van der Waals surface area contributed by atoms with Gasteiger partial charge in [-0.05, 0) is 30.3 Å². The van der Waals surface area contributed by atoms with Crippen molar-refractivity contribution >= 4 is 29.3 Å². The molecule has 3 nitrogen and oxygen atoms in total. The summed E-state index contributed by atoms with van der Waals surface area (Å²) in [4.78, 5) is 15.3. The highest BCUT2D eigenvalue weighted by Crippen LogP contribution is 2.29. The predicted molar refractivity (Wildman–Crippen MR) is 66.7 cm³/mol. The summed E-state index contributed by atoms with van der Waals surface area (Å²) in [6, 6.07) is 7.89. The van der Waals surface area contributed by atoms with Crippen LogP contribution >= 0.6 is 23.4 Å². The highest BCUT2D eigenvalue weighted by atomic mass is 35.5. The number of aromatic carboxylic acids is 1. The lowest BCUT2D eigenvalue weighted by Crippen LogP contribution is -2.02. The topological polar surface area (TPSA) is 50.2 Å². The number of aromatic nitrogens is 1. The van der Waals surface area contributed by atoms with Gasteiger partial charge in [0.05, 0.1) is 5.56 Å². The van der Waals surface area contributed by atoms with Gasteiger partial charge in [0.1, 0.15) is 5.03 Å². The molecule has 2 aromatic rings. The number of hydrogen-bond acceptors (Lipinski definition) is 3. The van der Waals surface area contributed by atoms with Gasteiger partial charge in [0.15, 0.2) is 5.82 Å². The lowest BCUT2D eigenvalue weighted by Gasteiger charge is -2.04. The van der Waals surface area contributed by atoms with E-state index in [9.17, 15) is 9.18 Å². The van der Waals surface area contributed by atoms with E-state index >= 15 is 0 Å². The van der Waals surface area contributed by atoms with Gasteiger partial charge >= 0.3 is 5.97 Å². The number of carbonyl (C=O) groups is 1. The van der Waals surface area contributed by atoms with Crippen molar-refractivity contribution in [2.75, 3.05) is 0 Å². The molecule has 1 heterocycles. The summed E-state index contributed by atoms with van der Waals surface area (Å²) in [5.41, 5.74) is -0.388. The van der Waals surface area contributed by atoms with E-state index in [4.69, 9.17) is 16.7 Å². The van der Waals surface area contributed by atoms with Crippen LogP contribution in [0.4, 0.5) is 4.39 Å². The molecule has 0 atom stereocenters. The van der Waals surface area contributed by atoms with Crippen molar-refractivity contribution in [3.63, 3.8) is 0 Å². The van der Waals surface area contributed by atoms with Crippen LogP contribution in [0.5, 0.6) is 0 Å². The molecule has 0 unspecified atom stereocenters. The van der Waals surface area contributed by atoms with Gasteiger partial charge in [0, 0.05) is 16.1 Å². The van der Waals surface area contributed by atoms with Crippen LogP contribution in [0.2, 0.25) is 5.02 Å². The van der Waals surface area contributed by atoms with Crippen LogP contribution in [-0.2, 0) is 0 Å². The minimum Gasteiger partial charge on any atom is -0.478 e. The first-order valence-corrected chi connectivity index (χ1v) is 6.08. The van der Waals surface area contributed by atoms with Crippen LogP contribution in [0.3, 0.4) is 0 Å². The molecule has 0 fully saturated rings. The van der Waals surface area contributed by atoms with E-state index in [0.29, 0.717) is 5.02 Å². The van der Waals surface area contributed by atoms with Crippen LogP contribution < -0.4 is 0 Å². The largest absolute Gasteiger partial charge is 0.478 e. The molecule has 0 aliphatic rings. The second kappa shape index (κ2) is 5.37. The van der Waals surface area contributed by atoms with Crippen molar-refractivity contribution < 1.29 is 14.3 Å². The Labute approximate surface area is 112 Å². The minimum atomic E-state index is -1.31. The molecule has 0 aliphatic heterocycles. The number of carboxylic acid groups (broad SMARTS) is 1. The van der Waals surface area contributed by atoms with Crippen molar-refractivity contribution in [1.29, 1.82) is 0 Å². The molecule has 6 heteroatoms. The van der Waals surface area contributed by atoms with Crippen molar-refractivity contribution in [2.24, 2.45) is 0 Å². The molecule has 0 radical (unpaired) electrons. The van der Waals surface area contributed by atoms with Crippen molar-refractivity contribution in [2.45, 2.75) is 9.92 Å². The van der Waals surface area contributed by atoms with Gasteiger partial charge in [-0.2, -0.15) is 0 Å². The molecule has 1 aromatic carbocycles. The molecule has 0 saturated carbocycles. The zero-order chi connectivity index (χ0) is 13.1. The quantitative estimate of drug-likeness (QED) is 0.932. The summed E-state index contributed by atoms with van der Waals surface area (Å²) in [6.45, 7) is 0. The fourth-order valence-corrected chi connectivity index (χ4v) is 2.21. The fourth-order valence-electron chi connectivity index (χ4n) is 1.28. The van der Waals surface area contributed by atoms with Crippen LogP contribution in [0.15, 0.2) is 46.5 Å². The first kappa shape index (κ1) is 12.9. The first-order chi connectivity index (χ1) is 8.58. The van der Waals surface area contributed by atoms with E-state index < -0.39 is 11.8 Å². The number of nitrogens with zero attached hydrogens (tertiary/aromatic N) is 1. The third kappa shape index (κ3) is 2.80. The van der Waals surface area contributed by atoms with Gasteiger partial charge < -0.3 is 5.11 Å². The Kier molecular flexibility index (Phi) is 3.84. The molecular weight excluding hydrogens is 277 g/mol. The number of benzene rings is 1.